The van der Waals surface area contributed by atoms with Gasteiger partial charge in [0.1, 0.15) is 0 Å². The molecule has 1 unspecified atom stereocenters. The van der Waals surface area contributed by atoms with Gasteiger partial charge in [0.25, 0.3) is 5.91 Å². The second kappa shape index (κ2) is 7.83. The summed E-state index contributed by atoms with van der Waals surface area (Å²) in [5, 5.41) is 25.0. The third-order valence-corrected chi connectivity index (χ3v) is 6.55. The van der Waals surface area contributed by atoms with Crippen LogP contribution in [0.3, 0.4) is 0 Å². The Kier molecular flexibility index (Phi) is 5.33. The molecule has 0 spiro atoms. The Morgan fingerprint density at radius 3 is 2.61 bits per heavy atom. The first-order valence-electron chi connectivity index (χ1n) is 9.62. The van der Waals surface area contributed by atoms with Gasteiger partial charge in [-0.05, 0) is 37.1 Å². The molecule has 0 saturated carbocycles. The number of carbonyl (C=O) groups excluding carboxylic acids is 1. The van der Waals surface area contributed by atoms with Crippen LogP contribution in [-0.4, -0.2) is 72.9 Å². The van der Waals surface area contributed by atoms with Crippen LogP contribution in [0.15, 0.2) is 34.2 Å². The van der Waals surface area contributed by atoms with Crippen molar-refractivity contribution in [3.05, 3.63) is 35.3 Å². The van der Waals surface area contributed by atoms with Gasteiger partial charge in [-0.1, -0.05) is 0 Å². The van der Waals surface area contributed by atoms with Crippen LogP contribution in [0.4, 0.5) is 11.4 Å². The first-order valence-corrected chi connectivity index (χ1v) is 11.1. The number of aliphatic imine (C=N–C) groups is 2. The highest BCUT2D eigenvalue weighted by Gasteiger charge is 2.35. The minimum atomic E-state index is -3.74. The van der Waals surface area contributed by atoms with Gasteiger partial charge in [-0.3, -0.25) is 9.52 Å². The highest BCUT2D eigenvalue weighted by Crippen LogP contribution is 2.36. The van der Waals surface area contributed by atoms with Gasteiger partial charge in [0.05, 0.1) is 24.1 Å². The second-order valence-corrected chi connectivity index (χ2v) is 8.91. The zero-order chi connectivity index (χ0) is 22.3. The van der Waals surface area contributed by atoms with Gasteiger partial charge in [-0.15, -0.1) is 0 Å². The van der Waals surface area contributed by atoms with Crippen LogP contribution in [0.1, 0.15) is 11.1 Å². The number of nitrogens with zero attached hydrogens (tertiary/aromatic N) is 4. The molecule has 1 amide bonds. The Labute approximate surface area is 179 Å². The van der Waals surface area contributed by atoms with Crippen LogP contribution >= 0.6 is 0 Å². The highest BCUT2D eigenvalue weighted by molar-refractivity contribution is 7.87. The van der Waals surface area contributed by atoms with Crippen LogP contribution in [0.2, 0.25) is 0 Å². The van der Waals surface area contributed by atoms with Crippen LogP contribution in [0, 0.1) is 13.8 Å². The van der Waals surface area contributed by atoms with E-state index >= 15 is 0 Å². The normalized spacial score (nSPS) is 21.5. The number of hydrogen-bond donors (Lipinski definition) is 5. The third-order valence-electron chi connectivity index (χ3n) is 5.19. The van der Waals surface area contributed by atoms with E-state index in [9.17, 15) is 23.4 Å². The van der Waals surface area contributed by atoms with Gasteiger partial charge in [0, 0.05) is 19.6 Å². The lowest BCUT2D eigenvalue weighted by Gasteiger charge is -2.34. The van der Waals surface area contributed by atoms with Crippen molar-refractivity contribution in [1.82, 2.24) is 19.7 Å². The maximum Gasteiger partial charge on any atom is 0.326 e. The number of carbonyl (C=O) groups is 1. The predicted molar refractivity (Wildman–Crippen MR) is 114 cm³/mol. The van der Waals surface area contributed by atoms with E-state index in [1.165, 1.54) is 0 Å². The lowest BCUT2D eigenvalue weighted by Crippen LogP contribution is -2.54. The molecule has 3 heterocycles. The second-order valence-electron chi connectivity index (χ2n) is 7.28. The van der Waals surface area contributed by atoms with E-state index in [1.54, 1.807) is 0 Å². The van der Waals surface area contributed by atoms with Crippen molar-refractivity contribution in [3.8, 4) is 0 Å². The number of amidine groups is 1. The van der Waals surface area contributed by atoms with E-state index in [2.05, 4.69) is 25.3 Å². The summed E-state index contributed by atoms with van der Waals surface area (Å²) in [6.45, 7) is 5.06. The van der Waals surface area contributed by atoms with E-state index < -0.39 is 22.5 Å². The molecule has 5 N–H and O–H groups in total. The van der Waals surface area contributed by atoms with Crippen molar-refractivity contribution in [2.45, 2.75) is 20.2 Å². The summed E-state index contributed by atoms with van der Waals surface area (Å²) in [5.74, 6) is -0.593. The fourth-order valence-electron chi connectivity index (χ4n) is 3.46. The van der Waals surface area contributed by atoms with Crippen LogP contribution in [-0.2, 0) is 15.0 Å². The Hall–Kier alpha value is -3.16. The fraction of sp³-hybridized carbons (Fsp3) is 0.389. The monoisotopic (exact) mass is 449 g/mol. The smallest absolute Gasteiger partial charge is 0.326 e. The van der Waals surface area contributed by atoms with Crippen LogP contribution in [0.5, 0.6) is 0 Å². The summed E-state index contributed by atoms with van der Waals surface area (Å²) in [5.41, 5.74) is 3.61. The summed E-state index contributed by atoms with van der Waals surface area (Å²) < 4.78 is 26.5. The molecule has 1 aromatic rings. The molecule has 3 aliphatic heterocycles. The van der Waals surface area contributed by atoms with Gasteiger partial charge >= 0.3 is 10.2 Å². The number of anilines is 1. The van der Waals surface area contributed by atoms with Gasteiger partial charge in [0.15, 0.2) is 11.5 Å². The minimum Gasteiger partial charge on any atom is -0.493 e. The lowest BCUT2D eigenvalue weighted by molar-refractivity contribution is -0.117. The Morgan fingerprint density at radius 1 is 1.19 bits per heavy atom. The molecule has 0 fully saturated rings. The number of hydrogen-bond acceptors (Lipinski definition) is 9. The molecule has 4 rings (SSSR count). The number of amides is 1. The number of nitrogens with one attached hydrogen (secondary N) is 3. The number of fused-ring (bicyclic) bond motifs is 2. The minimum absolute atomic E-state index is 0.0430. The molecule has 0 bridgehead atoms. The van der Waals surface area contributed by atoms with Gasteiger partial charge in [-0.2, -0.15) is 8.42 Å². The third kappa shape index (κ3) is 3.94. The highest BCUT2D eigenvalue weighted by atomic mass is 32.2. The molecule has 31 heavy (non-hydrogen) atoms. The molecule has 0 aliphatic carbocycles. The maximum atomic E-state index is 12.3. The molecule has 1 aromatic carbocycles. The Balaban J connectivity index is 1.49. The van der Waals surface area contributed by atoms with Crippen molar-refractivity contribution in [2.75, 3.05) is 31.1 Å². The van der Waals surface area contributed by atoms with Crippen LogP contribution in [0.25, 0.3) is 0 Å². The number of aliphatic hydroxyl groups is 2. The van der Waals surface area contributed by atoms with Crippen molar-refractivity contribution >= 4 is 39.0 Å². The zero-order valence-electron chi connectivity index (χ0n) is 17.0. The Bertz CT molecular complexity index is 1130. The molecular formula is C18H23N7O5S. The number of rotatable bonds is 6. The molecule has 0 radical (unpaired) electrons. The number of aryl methyl sites for hydroxylation is 2. The van der Waals surface area contributed by atoms with E-state index in [0.717, 1.165) is 27.3 Å². The molecular weight excluding hydrogens is 426 g/mol. The SMILES string of the molecule is Cc1cc2c(cc1C)N(CCNCCN1C(O)=CNS1(=O)=O)C1=NC(O)NC(=O)C1=N2. The molecule has 12 nitrogen and oxygen atoms in total. The molecule has 3 aliphatic rings. The first kappa shape index (κ1) is 21.1. The summed E-state index contributed by atoms with van der Waals surface area (Å²) >= 11 is 0. The molecule has 13 heteroatoms. The molecule has 1 atom stereocenters. The summed E-state index contributed by atoms with van der Waals surface area (Å²) in [4.78, 5) is 22.7. The van der Waals surface area contributed by atoms with Crippen molar-refractivity contribution < 1.29 is 23.4 Å². The zero-order valence-corrected chi connectivity index (χ0v) is 17.8. The molecule has 166 valence electrons. The van der Waals surface area contributed by atoms with Gasteiger partial charge in [-0.25, -0.2) is 14.3 Å². The van der Waals surface area contributed by atoms with Crippen molar-refractivity contribution in [3.63, 3.8) is 0 Å². The summed E-state index contributed by atoms with van der Waals surface area (Å²) in [6, 6.07) is 3.85. The largest absolute Gasteiger partial charge is 0.493 e. The van der Waals surface area contributed by atoms with E-state index in [4.69, 9.17) is 0 Å². The Morgan fingerprint density at radius 2 is 1.90 bits per heavy atom. The molecule has 0 saturated heterocycles. The van der Waals surface area contributed by atoms with E-state index in [1.807, 2.05) is 30.9 Å². The molecule has 0 aromatic heterocycles. The van der Waals surface area contributed by atoms with E-state index in [0.29, 0.717) is 18.8 Å². The van der Waals surface area contributed by atoms with Gasteiger partial charge < -0.3 is 25.7 Å². The summed E-state index contributed by atoms with van der Waals surface area (Å²) in [7, 11) is -3.74. The first-order chi connectivity index (χ1) is 14.7. The number of benzene rings is 1. The summed E-state index contributed by atoms with van der Waals surface area (Å²) in [6.07, 6.45) is -0.337. The van der Waals surface area contributed by atoms with Crippen molar-refractivity contribution in [1.29, 1.82) is 0 Å². The topological polar surface area (TPSA) is 159 Å². The fourth-order valence-corrected chi connectivity index (χ4v) is 4.48. The van der Waals surface area contributed by atoms with Crippen LogP contribution < -0.4 is 20.3 Å². The van der Waals surface area contributed by atoms with E-state index in [-0.39, 0.29) is 30.5 Å². The van der Waals surface area contributed by atoms with Crippen molar-refractivity contribution in [2.24, 2.45) is 9.98 Å². The average molecular weight is 449 g/mol. The van der Waals surface area contributed by atoms with Gasteiger partial charge in [0.2, 0.25) is 12.2 Å². The predicted octanol–water partition coefficient (Wildman–Crippen LogP) is -0.903. The average Bonchev–Trinajstić information content (AvgIpc) is 2.95. The maximum absolute atomic E-state index is 12.3. The quantitative estimate of drug-likeness (QED) is 0.352. The number of aliphatic hydroxyl groups excluding tert-OH is 2. The lowest BCUT2D eigenvalue weighted by atomic mass is 10.0. The standard InChI is InChI=1S/C18H23N7O5S/c1-10-7-12-13(8-11(10)2)24(16-15(21-12)17(27)23-18(28)22-16)5-3-19-4-6-25-14(26)9-20-31(25,29)30/h7-9,18-20,26,28H,3-6H2,1-2H3,(H,23,27).